The van der Waals surface area contributed by atoms with Gasteiger partial charge in [0.2, 0.25) is 0 Å². The lowest BCUT2D eigenvalue weighted by Gasteiger charge is -2.21. The summed E-state index contributed by atoms with van der Waals surface area (Å²) in [7, 11) is 0. The summed E-state index contributed by atoms with van der Waals surface area (Å²) in [5, 5.41) is 2.18. The van der Waals surface area contributed by atoms with E-state index in [1.54, 1.807) is 0 Å². The molecule has 6 heteroatoms. The van der Waals surface area contributed by atoms with Crippen LogP contribution in [0, 0.1) is 0 Å². The Hall–Kier alpha value is -7.05. The lowest BCUT2D eigenvalue weighted by atomic mass is 10.0. The first-order valence-corrected chi connectivity index (χ1v) is 16.9. The van der Waals surface area contributed by atoms with E-state index in [1.165, 1.54) is 0 Å². The van der Waals surface area contributed by atoms with Crippen LogP contribution < -0.4 is 9.47 Å². The van der Waals surface area contributed by atoms with Gasteiger partial charge in [-0.05, 0) is 53.6 Å². The third-order valence-electron chi connectivity index (χ3n) is 9.27. The van der Waals surface area contributed by atoms with Crippen molar-refractivity contribution in [2.45, 2.75) is 0 Å². The molecular weight excluding hydrogens is 629 g/mol. The van der Waals surface area contributed by atoms with Crippen molar-refractivity contribution in [3.8, 4) is 74.0 Å². The molecule has 0 aliphatic carbocycles. The van der Waals surface area contributed by atoms with Crippen molar-refractivity contribution in [1.82, 2.24) is 19.5 Å². The Labute approximate surface area is 293 Å². The van der Waals surface area contributed by atoms with Gasteiger partial charge in [-0.25, -0.2) is 15.0 Å². The first-order valence-electron chi connectivity index (χ1n) is 16.9. The van der Waals surface area contributed by atoms with E-state index in [-0.39, 0.29) is 0 Å². The van der Waals surface area contributed by atoms with Gasteiger partial charge in [0.15, 0.2) is 40.5 Å². The van der Waals surface area contributed by atoms with E-state index in [2.05, 4.69) is 83.4 Å². The Bertz CT molecular complexity index is 2690. The standard InChI is InChI=1S/C45H28N4O2/c1-4-14-29(15-5-1)32-24-33(45-47-43(30-16-6-2-7-17-30)46-44(48-45)31-18-8-3-9-19-31)26-34(25-32)49-37-21-11-10-20-35(37)36-27-41-42(28-38(36)49)51-40-23-13-12-22-39(40)50-41/h1-28H. The molecule has 10 rings (SSSR count). The molecule has 0 atom stereocenters. The van der Waals surface area contributed by atoms with E-state index in [9.17, 15) is 0 Å². The van der Waals surface area contributed by atoms with Crippen molar-refractivity contribution in [3.63, 3.8) is 0 Å². The predicted molar refractivity (Wildman–Crippen MR) is 202 cm³/mol. The monoisotopic (exact) mass is 656 g/mol. The van der Waals surface area contributed by atoms with Gasteiger partial charge in [0.1, 0.15) is 0 Å². The zero-order chi connectivity index (χ0) is 33.7. The van der Waals surface area contributed by atoms with Gasteiger partial charge in [-0.3, -0.25) is 0 Å². The van der Waals surface area contributed by atoms with Crippen LogP contribution in [0.3, 0.4) is 0 Å². The summed E-state index contributed by atoms with van der Waals surface area (Å²) in [5.74, 6) is 4.58. The maximum atomic E-state index is 6.40. The molecule has 3 heterocycles. The maximum absolute atomic E-state index is 6.40. The Morgan fingerprint density at radius 3 is 1.45 bits per heavy atom. The van der Waals surface area contributed by atoms with Crippen molar-refractivity contribution in [2.24, 2.45) is 0 Å². The average molecular weight is 657 g/mol. The van der Waals surface area contributed by atoms with Crippen LogP contribution in [0.5, 0.6) is 23.0 Å². The topological polar surface area (TPSA) is 62.1 Å². The lowest BCUT2D eigenvalue weighted by Crippen LogP contribution is -2.02. The average Bonchev–Trinajstić information content (AvgIpc) is 3.52. The Morgan fingerprint density at radius 1 is 0.333 bits per heavy atom. The highest BCUT2D eigenvalue weighted by Gasteiger charge is 2.23. The fraction of sp³-hybridized carbons (Fsp3) is 0. The van der Waals surface area contributed by atoms with Gasteiger partial charge in [-0.15, -0.1) is 0 Å². The summed E-state index contributed by atoms with van der Waals surface area (Å²) >= 11 is 0. The largest absolute Gasteiger partial charge is 0.449 e. The molecule has 51 heavy (non-hydrogen) atoms. The fourth-order valence-electron chi connectivity index (χ4n) is 6.87. The third kappa shape index (κ3) is 5.09. The zero-order valence-electron chi connectivity index (χ0n) is 27.3. The molecule has 0 bridgehead atoms. The normalized spacial score (nSPS) is 11.8. The second-order valence-electron chi connectivity index (χ2n) is 12.5. The van der Waals surface area contributed by atoms with Crippen LogP contribution in [0.4, 0.5) is 0 Å². The van der Waals surface area contributed by atoms with Crippen molar-refractivity contribution < 1.29 is 9.47 Å². The predicted octanol–water partition coefficient (Wildman–Crippen LogP) is 11.5. The molecule has 0 unspecified atom stereocenters. The summed E-state index contributed by atoms with van der Waals surface area (Å²) in [6.45, 7) is 0. The number of benzene rings is 7. The van der Waals surface area contributed by atoms with E-state index in [4.69, 9.17) is 24.4 Å². The van der Waals surface area contributed by atoms with E-state index in [1.807, 2.05) is 91.0 Å². The van der Waals surface area contributed by atoms with Crippen molar-refractivity contribution in [3.05, 3.63) is 170 Å². The molecule has 0 saturated carbocycles. The third-order valence-corrected chi connectivity index (χ3v) is 9.27. The van der Waals surface area contributed by atoms with Crippen LogP contribution in [-0.4, -0.2) is 19.5 Å². The Kier molecular flexibility index (Phi) is 6.70. The smallest absolute Gasteiger partial charge is 0.172 e. The van der Waals surface area contributed by atoms with E-state index < -0.39 is 0 Å². The molecule has 6 nitrogen and oxygen atoms in total. The molecule has 9 aromatic rings. The van der Waals surface area contributed by atoms with Crippen molar-refractivity contribution >= 4 is 21.8 Å². The number of hydrogen-bond donors (Lipinski definition) is 0. The van der Waals surface area contributed by atoms with Crippen LogP contribution in [0.1, 0.15) is 0 Å². The van der Waals surface area contributed by atoms with Crippen LogP contribution >= 0.6 is 0 Å². The number of ether oxygens (including phenoxy) is 2. The Morgan fingerprint density at radius 2 is 0.824 bits per heavy atom. The minimum absolute atomic E-state index is 0.591. The zero-order valence-corrected chi connectivity index (χ0v) is 27.3. The van der Waals surface area contributed by atoms with E-state index >= 15 is 0 Å². The molecule has 0 amide bonds. The highest BCUT2D eigenvalue weighted by molar-refractivity contribution is 6.10. The van der Waals surface area contributed by atoms with Crippen LogP contribution in [0.15, 0.2) is 170 Å². The minimum atomic E-state index is 0.591. The number of fused-ring (bicyclic) bond motifs is 5. The molecule has 0 fully saturated rings. The highest BCUT2D eigenvalue weighted by atomic mass is 16.6. The summed E-state index contributed by atoms with van der Waals surface area (Å²) in [4.78, 5) is 15.1. The molecule has 0 radical (unpaired) electrons. The molecule has 1 aliphatic rings. The molecule has 2 aromatic heterocycles. The van der Waals surface area contributed by atoms with Gasteiger partial charge in [0.25, 0.3) is 0 Å². The number of nitrogens with zero attached hydrogens (tertiary/aromatic N) is 4. The SMILES string of the molecule is c1ccc(-c2cc(-c3nc(-c4ccccc4)nc(-c4ccccc4)n3)cc(-n3c4ccccc4c4cc5c(cc43)Oc3ccccc3O5)c2)cc1. The summed E-state index contributed by atoms with van der Waals surface area (Å²) in [5.41, 5.74) is 7.89. The number of aromatic nitrogens is 4. The number of para-hydroxylation sites is 3. The highest BCUT2D eigenvalue weighted by Crippen LogP contribution is 2.48. The summed E-state index contributed by atoms with van der Waals surface area (Å²) in [6, 6.07) is 57.5. The molecular formula is C45H28N4O2. The van der Waals surface area contributed by atoms with Gasteiger partial charge in [-0.2, -0.15) is 0 Å². The van der Waals surface area contributed by atoms with Gasteiger partial charge < -0.3 is 14.0 Å². The number of rotatable bonds is 5. The van der Waals surface area contributed by atoms with Crippen LogP contribution in [0.25, 0.3) is 72.8 Å². The summed E-state index contributed by atoms with van der Waals surface area (Å²) in [6.07, 6.45) is 0. The van der Waals surface area contributed by atoms with E-state index in [0.29, 0.717) is 40.5 Å². The molecule has 240 valence electrons. The second kappa shape index (κ2) is 11.8. The molecule has 0 N–H and O–H groups in total. The molecule has 1 aliphatic heterocycles. The molecule has 0 saturated heterocycles. The molecule has 0 spiro atoms. The van der Waals surface area contributed by atoms with Crippen molar-refractivity contribution in [2.75, 3.05) is 0 Å². The lowest BCUT2D eigenvalue weighted by molar-refractivity contribution is 0.360. The summed E-state index contributed by atoms with van der Waals surface area (Å²) < 4.78 is 15.0. The Balaban J connectivity index is 1.23. The first kappa shape index (κ1) is 28.9. The second-order valence-corrected chi connectivity index (χ2v) is 12.5. The maximum Gasteiger partial charge on any atom is 0.172 e. The first-order chi connectivity index (χ1) is 25.2. The van der Waals surface area contributed by atoms with Crippen molar-refractivity contribution in [1.29, 1.82) is 0 Å². The minimum Gasteiger partial charge on any atom is -0.449 e. The fourth-order valence-corrected chi connectivity index (χ4v) is 6.87. The molecule has 7 aromatic carbocycles. The van der Waals surface area contributed by atoms with Crippen LogP contribution in [-0.2, 0) is 0 Å². The number of hydrogen-bond acceptors (Lipinski definition) is 5. The van der Waals surface area contributed by atoms with Gasteiger partial charge in [0, 0.05) is 39.2 Å². The van der Waals surface area contributed by atoms with Gasteiger partial charge in [0.05, 0.1) is 11.0 Å². The van der Waals surface area contributed by atoms with Gasteiger partial charge in [-0.1, -0.05) is 121 Å². The van der Waals surface area contributed by atoms with E-state index in [0.717, 1.165) is 55.3 Å². The van der Waals surface area contributed by atoms with Gasteiger partial charge >= 0.3 is 0 Å². The quantitative estimate of drug-likeness (QED) is 0.184. The van der Waals surface area contributed by atoms with Crippen LogP contribution in [0.2, 0.25) is 0 Å².